The van der Waals surface area contributed by atoms with Gasteiger partial charge < -0.3 is 5.32 Å². The summed E-state index contributed by atoms with van der Waals surface area (Å²) in [6.45, 7) is 5.05. The van der Waals surface area contributed by atoms with Crippen molar-refractivity contribution < 1.29 is 4.92 Å². The molecule has 0 amide bonds. The minimum Gasteiger partial charge on any atom is -0.309 e. The van der Waals surface area contributed by atoms with Gasteiger partial charge in [-0.25, -0.2) is 4.68 Å². The summed E-state index contributed by atoms with van der Waals surface area (Å²) in [6, 6.07) is 5.35. The first-order chi connectivity index (χ1) is 9.95. The number of benzene rings is 1. The molecule has 1 aromatic heterocycles. The van der Waals surface area contributed by atoms with E-state index in [9.17, 15) is 10.1 Å². The van der Waals surface area contributed by atoms with E-state index in [1.165, 1.54) is 6.07 Å². The van der Waals surface area contributed by atoms with Crippen LogP contribution < -0.4 is 5.32 Å². The number of nitro benzene ring substituents is 1. The summed E-state index contributed by atoms with van der Waals surface area (Å²) in [6.07, 6.45) is 1.79. The van der Waals surface area contributed by atoms with E-state index in [4.69, 9.17) is 0 Å². The molecule has 0 aliphatic carbocycles. The molecule has 0 spiro atoms. The van der Waals surface area contributed by atoms with Crippen molar-refractivity contribution in [1.82, 2.24) is 20.3 Å². The second kappa shape index (κ2) is 6.77. The molecule has 2 aromatic rings. The van der Waals surface area contributed by atoms with Crippen LogP contribution >= 0.6 is 15.9 Å². The summed E-state index contributed by atoms with van der Waals surface area (Å²) in [4.78, 5) is 10.7. The SMILES string of the molecule is CC(C)NCc1cn(Cc2ccc(Br)cc2[N+](=O)[O-])nn1. The molecule has 0 radical (unpaired) electrons. The minimum atomic E-state index is -0.391. The first kappa shape index (κ1) is 15.6. The highest BCUT2D eigenvalue weighted by Crippen LogP contribution is 2.24. The Hall–Kier alpha value is -1.80. The highest BCUT2D eigenvalue weighted by atomic mass is 79.9. The molecule has 1 aromatic carbocycles. The fourth-order valence-electron chi connectivity index (χ4n) is 1.82. The molecule has 2 rings (SSSR count). The van der Waals surface area contributed by atoms with Crippen LogP contribution in [0, 0.1) is 10.1 Å². The summed E-state index contributed by atoms with van der Waals surface area (Å²) in [5.74, 6) is 0. The quantitative estimate of drug-likeness (QED) is 0.636. The van der Waals surface area contributed by atoms with Crippen molar-refractivity contribution in [3.8, 4) is 0 Å². The van der Waals surface area contributed by atoms with Gasteiger partial charge in [0.2, 0.25) is 0 Å². The fourth-order valence-corrected chi connectivity index (χ4v) is 2.17. The lowest BCUT2D eigenvalue weighted by Crippen LogP contribution is -2.21. The van der Waals surface area contributed by atoms with Gasteiger partial charge in [0.05, 0.1) is 28.9 Å². The van der Waals surface area contributed by atoms with Gasteiger partial charge in [0.25, 0.3) is 5.69 Å². The lowest BCUT2D eigenvalue weighted by Gasteiger charge is -2.04. The zero-order valence-electron chi connectivity index (χ0n) is 11.8. The van der Waals surface area contributed by atoms with E-state index in [-0.39, 0.29) is 5.69 Å². The Bertz CT molecular complexity index is 641. The van der Waals surface area contributed by atoms with Crippen LogP contribution in [-0.2, 0) is 13.1 Å². The molecule has 0 aliphatic rings. The van der Waals surface area contributed by atoms with Gasteiger partial charge >= 0.3 is 0 Å². The van der Waals surface area contributed by atoms with E-state index in [0.29, 0.717) is 29.2 Å². The van der Waals surface area contributed by atoms with Gasteiger partial charge in [0.15, 0.2) is 0 Å². The van der Waals surface area contributed by atoms with Crippen molar-refractivity contribution in [3.63, 3.8) is 0 Å². The number of rotatable bonds is 6. The Morgan fingerprint density at radius 1 is 1.48 bits per heavy atom. The maximum Gasteiger partial charge on any atom is 0.275 e. The number of halogens is 1. The average molecular weight is 354 g/mol. The van der Waals surface area contributed by atoms with Gasteiger partial charge in [-0.2, -0.15) is 0 Å². The van der Waals surface area contributed by atoms with Crippen LogP contribution in [0.4, 0.5) is 5.69 Å². The third-order valence-electron chi connectivity index (χ3n) is 2.85. The lowest BCUT2D eigenvalue weighted by atomic mass is 10.2. The van der Waals surface area contributed by atoms with Crippen LogP contribution in [0.5, 0.6) is 0 Å². The van der Waals surface area contributed by atoms with Crippen molar-refractivity contribution >= 4 is 21.6 Å². The van der Waals surface area contributed by atoms with Crippen molar-refractivity contribution in [2.75, 3.05) is 0 Å². The Balaban J connectivity index is 2.13. The van der Waals surface area contributed by atoms with Crippen LogP contribution in [0.2, 0.25) is 0 Å². The molecule has 0 aliphatic heterocycles. The zero-order chi connectivity index (χ0) is 15.4. The second-order valence-corrected chi connectivity index (χ2v) is 5.89. The maximum atomic E-state index is 11.1. The van der Waals surface area contributed by atoms with Crippen molar-refractivity contribution in [2.24, 2.45) is 0 Å². The second-order valence-electron chi connectivity index (χ2n) is 4.97. The molecule has 7 nitrogen and oxygen atoms in total. The smallest absolute Gasteiger partial charge is 0.275 e. The zero-order valence-corrected chi connectivity index (χ0v) is 13.4. The lowest BCUT2D eigenvalue weighted by molar-refractivity contribution is -0.385. The highest BCUT2D eigenvalue weighted by molar-refractivity contribution is 9.10. The molecule has 1 N–H and O–H groups in total. The Kier molecular flexibility index (Phi) is 5.03. The van der Waals surface area contributed by atoms with Gasteiger partial charge in [-0.15, -0.1) is 5.10 Å². The number of aromatic nitrogens is 3. The average Bonchev–Trinajstić information content (AvgIpc) is 2.86. The van der Waals surface area contributed by atoms with Crippen LogP contribution in [0.1, 0.15) is 25.1 Å². The maximum absolute atomic E-state index is 11.1. The van der Waals surface area contributed by atoms with Gasteiger partial charge in [-0.3, -0.25) is 10.1 Å². The first-order valence-electron chi connectivity index (χ1n) is 6.51. The summed E-state index contributed by atoms with van der Waals surface area (Å²) < 4.78 is 2.28. The summed E-state index contributed by atoms with van der Waals surface area (Å²) in [7, 11) is 0. The van der Waals surface area contributed by atoms with Crippen molar-refractivity contribution in [1.29, 1.82) is 0 Å². The Labute approximate surface area is 130 Å². The Morgan fingerprint density at radius 3 is 2.90 bits per heavy atom. The van der Waals surface area contributed by atoms with Crippen molar-refractivity contribution in [2.45, 2.75) is 33.0 Å². The molecule has 0 fully saturated rings. The molecule has 21 heavy (non-hydrogen) atoms. The largest absolute Gasteiger partial charge is 0.309 e. The predicted molar refractivity (Wildman–Crippen MR) is 81.9 cm³/mol. The predicted octanol–water partition coefficient (Wildman–Crippen LogP) is 2.50. The van der Waals surface area contributed by atoms with E-state index >= 15 is 0 Å². The molecule has 0 unspecified atom stereocenters. The highest BCUT2D eigenvalue weighted by Gasteiger charge is 2.15. The molecule has 0 saturated heterocycles. The topological polar surface area (TPSA) is 85.9 Å². The van der Waals surface area contributed by atoms with Gasteiger partial charge in [0, 0.05) is 23.1 Å². The third-order valence-corrected chi connectivity index (χ3v) is 3.35. The number of hydrogen-bond acceptors (Lipinski definition) is 5. The van der Waals surface area contributed by atoms with E-state index in [2.05, 4.69) is 45.4 Å². The number of nitrogens with one attached hydrogen (secondary N) is 1. The van der Waals surface area contributed by atoms with Gasteiger partial charge in [-0.1, -0.05) is 35.0 Å². The van der Waals surface area contributed by atoms with Gasteiger partial charge in [-0.05, 0) is 12.1 Å². The summed E-state index contributed by atoms with van der Waals surface area (Å²) in [5, 5.41) is 22.4. The summed E-state index contributed by atoms with van der Waals surface area (Å²) >= 11 is 3.24. The van der Waals surface area contributed by atoms with E-state index in [0.717, 1.165) is 5.69 Å². The standard InChI is InChI=1S/C13H16BrN5O2/c1-9(2)15-6-12-8-18(17-16-12)7-10-3-4-11(14)5-13(10)19(20)21/h3-5,8-9,15H,6-7H2,1-2H3. The molecule has 0 atom stereocenters. The van der Waals surface area contributed by atoms with Crippen LogP contribution in [0.25, 0.3) is 0 Å². The first-order valence-corrected chi connectivity index (χ1v) is 7.30. The number of nitrogens with zero attached hydrogens (tertiary/aromatic N) is 4. The molecular formula is C13H16BrN5O2. The molecule has 112 valence electrons. The van der Waals surface area contributed by atoms with E-state index in [1.807, 2.05) is 0 Å². The fraction of sp³-hybridized carbons (Fsp3) is 0.385. The van der Waals surface area contributed by atoms with E-state index in [1.54, 1.807) is 23.0 Å². The van der Waals surface area contributed by atoms with E-state index < -0.39 is 4.92 Å². The van der Waals surface area contributed by atoms with Crippen LogP contribution in [0.3, 0.4) is 0 Å². The summed E-state index contributed by atoms with van der Waals surface area (Å²) in [5.41, 5.74) is 1.47. The van der Waals surface area contributed by atoms with Gasteiger partial charge in [0.1, 0.15) is 0 Å². The minimum absolute atomic E-state index is 0.0710. The Morgan fingerprint density at radius 2 is 2.24 bits per heavy atom. The molecule has 0 bridgehead atoms. The molecule has 1 heterocycles. The molecular weight excluding hydrogens is 338 g/mol. The van der Waals surface area contributed by atoms with Crippen LogP contribution in [-0.4, -0.2) is 26.0 Å². The van der Waals surface area contributed by atoms with Crippen LogP contribution in [0.15, 0.2) is 28.9 Å². The normalized spacial score (nSPS) is 11.0. The molecule has 8 heteroatoms. The van der Waals surface area contributed by atoms with Crippen molar-refractivity contribution in [3.05, 3.63) is 50.2 Å². The molecule has 0 saturated carbocycles. The third kappa shape index (κ3) is 4.33. The number of hydrogen-bond donors (Lipinski definition) is 1. The number of nitro groups is 1. The monoisotopic (exact) mass is 353 g/mol.